The minimum Gasteiger partial charge on any atom is -0.458 e. The van der Waals surface area contributed by atoms with Gasteiger partial charge in [-0.05, 0) is 35.4 Å². The van der Waals surface area contributed by atoms with Gasteiger partial charge in [0.25, 0.3) is 0 Å². The molecule has 3 rings (SSSR count). The maximum atomic E-state index is 12.0. The van der Waals surface area contributed by atoms with Gasteiger partial charge in [-0.1, -0.05) is 48.5 Å². The smallest absolute Gasteiger partial charge is 0.338 e. The fourth-order valence-electron chi connectivity index (χ4n) is 2.28. The summed E-state index contributed by atoms with van der Waals surface area (Å²) in [6, 6.07) is 19.2. The molecule has 0 radical (unpaired) electrons. The highest BCUT2D eigenvalue weighted by Gasteiger charge is 2.06. The van der Waals surface area contributed by atoms with Crippen LogP contribution in [0.3, 0.4) is 0 Å². The fourth-order valence-corrected chi connectivity index (χ4v) is 2.28. The number of ether oxygens (including phenoxy) is 1. The lowest BCUT2D eigenvalue weighted by Crippen LogP contribution is -2.06. The van der Waals surface area contributed by atoms with Crippen molar-refractivity contribution in [2.75, 3.05) is 6.61 Å². The number of nitrogens with zero attached hydrogens (tertiary/aromatic N) is 2. The lowest BCUT2D eigenvalue weighted by molar-refractivity contribution is 0.0550. The van der Waals surface area contributed by atoms with Crippen LogP contribution >= 0.6 is 0 Å². The first kappa shape index (κ1) is 15.7. The second-order valence-corrected chi connectivity index (χ2v) is 5.31. The number of hydrogen-bond donors (Lipinski definition) is 0. The van der Waals surface area contributed by atoms with E-state index in [0.717, 1.165) is 11.1 Å². The summed E-state index contributed by atoms with van der Waals surface area (Å²) in [5.41, 5.74) is 2.71. The average Bonchev–Trinajstić information content (AvgIpc) is 3.13. The molecule has 0 N–H and O–H groups in total. The van der Waals surface area contributed by atoms with Gasteiger partial charge in [0.05, 0.1) is 12.1 Å². The van der Waals surface area contributed by atoms with Gasteiger partial charge in [0.1, 0.15) is 6.61 Å². The predicted octanol–water partition coefficient (Wildman–Crippen LogP) is 3.80. The Balaban J connectivity index is 1.50. The van der Waals surface area contributed by atoms with Gasteiger partial charge in [-0.15, -0.1) is 0 Å². The summed E-state index contributed by atoms with van der Waals surface area (Å²) >= 11 is 0. The van der Waals surface area contributed by atoms with E-state index < -0.39 is 0 Å². The molecule has 1 aromatic heterocycles. The molecule has 0 saturated carbocycles. The number of benzene rings is 2. The Morgan fingerprint density at radius 3 is 2.54 bits per heavy atom. The molecule has 0 atom stereocenters. The van der Waals surface area contributed by atoms with E-state index in [1.165, 1.54) is 0 Å². The van der Waals surface area contributed by atoms with E-state index >= 15 is 0 Å². The summed E-state index contributed by atoms with van der Waals surface area (Å²) in [7, 11) is 0. The zero-order valence-corrected chi connectivity index (χ0v) is 13.2. The van der Waals surface area contributed by atoms with Crippen molar-refractivity contribution >= 4 is 12.0 Å². The normalized spacial score (nSPS) is 10.8. The molecule has 0 aliphatic rings. The van der Waals surface area contributed by atoms with E-state index in [2.05, 4.69) is 5.10 Å². The van der Waals surface area contributed by atoms with Gasteiger partial charge in [-0.3, -0.25) is 4.68 Å². The Morgan fingerprint density at radius 1 is 1.04 bits per heavy atom. The van der Waals surface area contributed by atoms with E-state index in [1.807, 2.05) is 71.6 Å². The SMILES string of the molecule is O=C(OC/C=C/c1ccccc1)c1ccc(Cn2cccn2)cc1. The number of carbonyl (C=O) groups excluding carboxylic acids is 1. The maximum Gasteiger partial charge on any atom is 0.338 e. The molecule has 24 heavy (non-hydrogen) atoms. The topological polar surface area (TPSA) is 44.1 Å². The molecule has 0 unspecified atom stereocenters. The van der Waals surface area contributed by atoms with E-state index in [-0.39, 0.29) is 12.6 Å². The Kier molecular flexibility index (Phi) is 5.20. The quantitative estimate of drug-likeness (QED) is 0.649. The molecule has 0 amide bonds. The first-order chi connectivity index (χ1) is 11.8. The summed E-state index contributed by atoms with van der Waals surface area (Å²) in [4.78, 5) is 12.0. The molecule has 0 fully saturated rings. The largest absolute Gasteiger partial charge is 0.458 e. The monoisotopic (exact) mass is 318 g/mol. The van der Waals surface area contributed by atoms with Crippen molar-refractivity contribution in [2.45, 2.75) is 6.54 Å². The number of hydrogen-bond acceptors (Lipinski definition) is 3. The molecule has 120 valence electrons. The second-order valence-electron chi connectivity index (χ2n) is 5.31. The second kappa shape index (κ2) is 7.92. The van der Waals surface area contributed by atoms with E-state index in [4.69, 9.17) is 4.74 Å². The third-order valence-electron chi connectivity index (χ3n) is 3.51. The molecule has 0 bridgehead atoms. The van der Waals surface area contributed by atoms with Gasteiger partial charge >= 0.3 is 5.97 Å². The Bertz CT molecular complexity index is 791. The van der Waals surface area contributed by atoms with Gasteiger partial charge in [-0.25, -0.2) is 4.79 Å². The summed E-state index contributed by atoms with van der Waals surface area (Å²) < 4.78 is 7.09. The standard InChI is InChI=1S/C20H18N2O2/c23-20(24-15-4-8-17-6-2-1-3-7-17)19-11-9-18(10-12-19)16-22-14-5-13-21-22/h1-14H,15-16H2/b8-4+. The summed E-state index contributed by atoms with van der Waals surface area (Å²) in [6.45, 7) is 0.935. The first-order valence-corrected chi connectivity index (χ1v) is 7.76. The number of aromatic nitrogens is 2. The summed E-state index contributed by atoms with van der Waals surface area (Å²) in [5.74, 6) is -0.321. The molecule has 2 aromatic carbocycles. The first-order valence-electron chi connectivity index (χ1n) is 7.76. The van der Waals surface area contributed by atoms with Gasteiger partial charge in [0.2, 0.25) is 0 Å². The van der Waals surface area contributed by atoms with Crippen LogP contribution in [-0.4, -0.2) is 22.4 Å². The predicted molar refractivity (Wildman–Crippen MR) is 93.5 cm³/mol. The van der Waals surface area contributed by atoms with Crippen molar-refractivity contribution in [1.29, 1.82) is 0 Å². The number of rotatable bonds is 6. The third-order valence-corrected chi connectivity index (χ3v) is 3.51. The van der Waals surface area contributed by atoms with Crippen LogP contribution in [0.1, 0.15) is 21.5 Å². The van der Waals surface area contributed by atoms with Crippen molar-refractivity contribution in [2.24, 2.45) is 0 Å². The van der Waals surface area contributed by atoms with E-state index in [0.29, 0.717) is 12.1 Å². The van der Waals surface area contributed by atoms with Crippen molar-refractivity contribution < 1.29 is 9.53 Å². The summed E-state index contributed by atoms with van der Waals surface area (Å²) in [6.07, 6.45) is 7.41. The van der Waals surface area contributed by atoms with Crippen LogP contribution in [0.2, 0.25) is 0 Å². The number of esters is 1. The van der Waals surface area contributed by atoms with Gasteiger partial charge in [0.15, 0.2) is 0 Å². The van der Waals surface area contributed by atoms with Crippen molar-refractivity contribution in [1.82, 2.24) is 9.78 Å². The van der Waals surface area contributed by atoms with E-state index in [1.54, 1.807) is 18.3 Å². The van der Waals surface area contributed by atoms with Crippen molar-refractivity contribution in [3.05, 3.63) is 95.8 Å². The molecule has 0 aliphatic heterocycles. The molecular weight excluding hydrogens is 300 g/mol. The van der Waals surface area contributed by atoms with Gasteiger partial charge < -0.3 is 4.74 Å². The molecule has 4 nitrogen and oxygen atoms in total. The Hall–Kier alpha value is -3.14. The average molecular weight is 318 g/mol. The highest BCUT2D eigenvalue weighted by Crippen LogP contribution is 2.08. The maximum absolute atomic E-state index is 12.0. The molecule has 0 saturated heterocycles. The highest BCUT2D eigenvalue weighted by molar-refractivity contribution is 5.89. The molecule has 0 aliphatic carbocycles. The highest BCUT2D eigenvalue weighted by atomic mass is 16.5. The van der Waals surface area contributed by atoms with Crippen LogP contribution in [0.15, 0.2) is 79.1 Å². The minimum atomic E-state index is -0.321. The zero-order valence-electron chi connectivity index (χ0n) is 13.2. The Morgan fingerprint density at radius 2 is 1.83 bits per heavy atom. The van der Waals surface area contributed by atoms with Crippen molar-refractivity contribution in [3.63, 3.8) is 0 Å². The lowest BCUT2D eigenvalue weighted by Gasteiger charge is -2.05. The molecule has 4 heteroatoms. The third kappa shape index (κ3) is 4.43. The zero-order chi connectivity index (χ0) is 16.6. The summed E-state index contributed by atoms with van der Waals surface area (Å²) in [5, 5.41) is 4.16. The van der Waals surface area contributed by atoms with Gasteiger partial charge in [-0.2, -0.15) is 5.10 Å². The van der Waals surface area contributed by atoms with Crippen LogP contribution in [0.25, 0.3) is 6.08 Å². The minimum absolute atomic E-state index is 0.253. The molecule has 1 heterocycles. The van der Waals surface area contributed by atoms with Crippen LogP contribution in [-0.2, 0) is 11.3 Å². The molecular formula is C20H18N2O2. The van der Waals surface area contributed by atoms with Crippen LogP contribution in [0.5, 0.6) is 0 Å². The van der Waals surface area contributed by atoms with Crippen LogP contribution < -0.4 is 0 Å². The number of carbonyl (C=O) groups is 1. The Labute approximate surface area is 141 Å². The van der Waals surface area contributed by atoms with Crippen LogP contribution in [0.4, 0.5) is 0 Å². The van der Waals surface area contributed by atoms with Crippen LogP contribution in [0, 0.1) is 0 Å². The molecule has 0 spiro atoms. The molecule has 3 aromatic rings. The fraction of sp³-hybridized carbons (Fsp3) is 0.100. The van der Waals surface area contributed by atoms with E-state index in [9.17, 15) is 4.79 Å². The van der Waals surface area contributed by atoms with Gasteiger partial charge in [0, 0.05) is 12.4 Å². The lowest BCUT2D eigenvalue weighted by atomic mass is 10.1. The van der Waals surface area contributed by atoms with Crippen molar-refractivity contribution in [3.8, 4) is 0 Å².